The monoisotopic (exact) mass is 370 g/mol. The van der Waals surface area contributed by atoms with Crippen LogP contribution in [0.25, 0.3) is 5.69 Å². The van der Waals surface area contributed by atoms with Crippen molar-refractivity contribution >= 4 is 23.3 Å². The number of aromatic nitrogens is 3. The molecule has 0 aliphatic heterocycles. The van der Waals surface area contributed by atoms with Crippen LogP contribution in [0.2, 0.25) is 5.02 Å². The van der Waals surface area contributed by atoms with E-state index in [0.29, 0.717) is 11.8 Å². The van der Waals surface area contributed by atoms with Gasteiger partial charge in [-0.25, -0.2) is 4.68 Å². The zero-order valence-corrected chi connectivity index (χ0v) is 13.4. The van der Waals surface area contributed by atoms with Crippen molar-refractivity contribution in [1.29, 1.82) is 0 Å². The molecule has 2 heterocycles. The van der Waals surface area contributed by atoms with Gasteiger partial charge in [-0.05, 0) is 19.1 Å². The number of nitrogens with zero attached hydrogens (tertiary/aromatic N) is 3. The predicted molar refractivity (Wildman–Crippen MR) is 82.8 cm³/mol. The fourth-order valence-corrected chi connectivity index (χ4v) is 2.31. The highest BCUT2D eigenvalue weighted by Crippen LogP contribution is 2.31. The van der Waals surface area contributed by atoms with Gasteiger partial charge in [0.15, 0.2) is 11.5 Å². The van der Waals surface area contributed by atoms with Gasteiger partial charge in [0.1, 0.15) is 11.5 Å². The standard InChI is InChI=1S/C15H10ClF3N4O2/c1-8-6-13(22-25-8)20-14(24)11-7-12(15(17,18)19)21-23(11)10-5-3-2-4-9(10)16/h2-7H,1H3,(H,20,22,24). The summed E-state index contributed by atoms with van der Waals surface area (Å²) in [6.07, 6.45) is -4.72. The SMILES string of the molecule is Cc1cc(NC(=O)c2cc(C(F)(F)F)nn2-c2ccccc2Cl)no1. The largest absolute Gasteiger partial charge is 0.435 e. The van der Waals surface area contributed by atoms with Crippen molar-refractivity contribution in [3.8, 4) is 5.69 Å². The summed E-state index contributed by atoms with van der Waals surface area (Å²) in [4.78, 5) is 12.4. The molecule has 6 nitrogen and oxygen atoms in total. The Balaban J connectivity index is 2.06. The first kappa shape index (κ1) is 17.0. The summed E-state index contributed by atoms with van der Waals surface area (Å²) in [5.74, 6) is -0.329. The minimum absolute atomic E-state index is 0.0722. The van der Waals surface area contributed by atoms with Crippen LogP contribution in [0.3, 0.4) is 0 Å². The van der Waals surface area contributed by atoms with Crippen molar-refractivity contribution < 1.29 is 22.5 Å². The summed E-state index contributed by atoms with van der Waals surface area (Å²) in [5.41, 5.74) is -1.42. The molecule has 0 saturated heterocycles. The summed E-state index contributed by atoms with van der Waals surface area (Å²) in [7, 11) is 0. The van der Waals surface area contributed by atoms with Crippen LogP contribution in [0.15, 0.2) is 40.9 Å². The highest BCUT2D eigenvalue weighted by molar-refractivity contribution is 6.32. The Morgan fingerprint density at radius 1 is 1.28 bits per heavy atom. The van der Waals surface area contributed by atoms with E-state index in [1.807, 2.05) is 0 Å². The van der Waals surface area contributed by atoms with E-state index in [-0.39, 0.29) is 22.2 Å². The Labute approximate surface area is 144 Å². The lowest BCUT2D eigenvalue weighted by molar-refractivity contribution is -0.141. The summed E-state index contributed by atoms with van der Waals surface area (Å²) in [5, 5.41) is 9.56. The Morgan fingerprint density at radius 2 is 2.00 bits per heavy atom. The topological polar surface area (TPSA) is 73.0 Å². The van der Waals surface area contributed by atoms with Crippen LogP contribution in [0, 0.1) is 6.92 Å². The number of amides is 1. The molecule has 1 N–H and O–H groups in total. The van der Waals surface area contributed by atoms with Crippen molar-refractivity contribution in [3.63, 3.8) is 0 Å². The van der Waals surface area contributed by atoms with E-state index < -0.39 is 17.8 Å². The Kier molecular flexibility index (Phi) is 4.25. The van der Waals surface area contributed by atoms with Gasteiger partial charge in [0.05, 0.1) is 10.7 Å². The highest BCUT2D eigenvalue weighted by atomic mass is 35.5. The number of anilines is 1. The van der Waals surface area contributed by atoms with Gasteiger partial charge < -0.3 is 9.84 Å². The number of carbonyl (C=O) groups is 1. The molecule has 10 heteroatoms. The van der Waals surface area contributed by atoms with Crippen LogP contribution < -0.4 is 5.32 Å². The van der Waals surface area contributed by atoms with Crippen molar-refractivity contribution in [2.45, 2.75) is 13.1 Å². The molecule has 130 valence electrons. The number of alkyl halides is 3. The molecule has 0 aliphatic rings. The lowest BCUT2D eigenvalue weighted by Crippen LogP contribution is -2.17. The van der Waals surface area contributed by atoms with Crippen molar-refractivity contribution in [2.75, 3.05) is 5.32 Å². The molecule has 1 aromatic carbocycles. The van der Waals surface area contributed by atoms with Gasteiger partial charge in [0.25, 0.3) is 5.91 Å². The number of hydrogen-bond donors (Lipinski definition) is 1. The van der Waals surface area contributed by atoms with Crippen LogP contribution in [0.1, 0.15) is 21.9 Å². The van der Waals surface area contributed by atoms with Crippen LogP contribution in [0.5, 0.6) is 0 Å². The molecular formula is C15H10ClF3N4O2. The van der Waals surface area contributed by atoms with E-state index in [1.54, 1.807) is 19.1 Å². The number of para-hydroxylation sites is 1. The smallest absolute Gasteiger partial charge is 0.360 e. The molecule has 0 fully saturated rings. The first-order chi connectivity index (χ1) is 11.8. The van der Waals surface area contributed by atoms with Gasteiger partial charge >= 0.3 is 6.18 Å². The number of aryl methyl sites for hydroxylation is 1. The molecule has 3 aromatic rings. The molecule has 0 atom stereocenters. The Hall–Kier alpha value is -2.81. The summed E-state index contributed by atoms with van der Waals surface area (Å²) in [6, 6.07) is 8.18. The number of hydrogen-bond acceptors (Lipinski definition) is 4. The third-order valence-electron chi connectivity index (χ3n) is 3.18. The fourth-order valence-electron chi connectivity index (χ4n) is 2.09. The first-order valence-electron chi connectivity index (χ1n) is 6.92. The molecule has 0 radical (unpaired) electrons. The van der Waals surface area contributed by atoms with E-state index >= 15 is 0 Å². The molecule has 25 heavy (non-hydrogen) atoms. The average molecular weight is 371 g/mol. The molecule has 1 amide bonds. The van der Waals surface area contributed by atoms with Crippen molar-refractivity contribution in [2.24, 2.45) is 0 Å². The van der Waals surface area contributed by atoms with Crippen LogP contribution in [-0.4, -0.2) is 20.8 Å². The maximum absolute atomic E-state index is 13.0. The molecule has 0 aliphatic carbocycles. The summed E-state index contributed by atoms with van der Waals surface area (Å²) >= 11 is 6.02. The number of benzene rings is 1. The Morgan fingerprint density at radius 3 is 2.60 bits per heavy atom. The molecule has 2 aromatic heterocycles. The minimum Gasteiger partial charge on any atom is -0.360 e. The second-order valence-corrected chi connectivity index (χ2v) is 5.46. The van der Waals surface area contributed by atoms with Crippen LogP contribution >= 0.6 is 11.6 Å². The summed E-state index contributed by atoms with van der Waals surface area (Å²) < 4.78 is 44.7. The van der Waals surface area contributed by atoms with Gasteiger partial charge in [0.2, 0.25) is 0 Å². The lowest BCUT2D eigenvalue weighted by Gasteiger charge is -2.08. The van der Waals surface area contributed by atoms with Gasteiger partial charge in [-0.15, -0.1) is 0 Å². The second-order valence-electron chi connectivity index (χ2n) is 5.05. The highest BCUT2D eigenvalue weighted by Gasteiger charge is 2.36. The molecule has 0 unspecified atom stereocenters. The number of rotatable bonds is 3. The van der Waals surface area contributed by atoms with E-state index in [1.165, 1.54) is 18.2 Å². The second kappa shape index (κ2) is 6.25. The van der Waals surface area contributed by atoms with Crippen molar-refractivity contribution in [3.05, 3.63) is 58.6 Å². The maximum Gasteiger partial charge on any atom is 0.435 e. The predicted octanol–water partition coefficient (Wildman–Crippen LogP) is 4.09. The molecule has 0 spiro atoms. The molecular weight excluding hydrogens is 361 g/mol. The average Bonchev–Trinajstić information content (AvgIpc) is 3.14. The molecule has 0 bridgehead atoms. The Bertz CT molecular complexity index is 933. The van der Waals surface area contributed by atoms with Crippen LogP contribution in [0.4, 0.5) is 19.0 Å². The number of halogens is 4. The first-order valence-corrected chi connectivity index (χ1v) is 7.30. The normalized spacial score (nSPS) is 11.6. The van der Waals surface area contributed by atoms with Gasteiger partial charge in [-0.1, -0.05) is 28.9 Å². The molecule has 0 saturated carbocycles. The maximum atomic E-state index is 13.0. The van der Waals surface area contributed by atoms with E-state index in [0.717, 1.165) is 4.68 Å². The zero-order valence-electron chi connectivity index (χ0n) is 12.6. The van der Waals surface area contributed by atoms with Gasteiger partial charge in [0, 0.05) is 12.1 Å². The van der Waals surface area contributed by atoms with Gasteiger partial charge in [-0.2, -0.15) is 18.3 Å². The fraction of sp³-hybridized carbons (Fsp3) is 0.133. The number of carbonyl (C=O) groups excluding carboxylic acids is 1. The summed E-state index contributed by atoms with van der Waals surface area (Å²) in [6.45, 7) is 1.61. The molecule has 3 rings (SSSR count). The minimum atomic E-state index is -4.72. The van der Waals surface area contributed by atoms with E-state index in [4.69, 9.17) is 16.1 Å². The van der Waals surface area contributed by atoms with E-state index in [9.17, 15) is 18.0 Å². The quantitative estimate of drug-likeness (QED) is 0.753. The third-order valence-corrected chi connectivity index (χ3v) is 3.50. The van der Waals surface area contributed by atoms with E-state index in [2.05, 4.69) is 15.6 Å². The van der Waals surface area contributed by atoms with Gasteiger partial charge in [-0.3, -0.25) is 4.79 Å². The number of nitrogens with one attached hydrogen (secondary N) is 1. The zero-order chi connectivity index (χ0) is 18.2. The lowest BCUT2D eigenvalue weighted by atomic mass is 10.3. The third kappa shape index (κ3) is 3.50. The van der Waals surface area contributed by atoms with Crippen molar-refractivity contribution in [1.82, 2.24) is 14.9 Å². The van der Waals surface area contributed by atoms with Crippen LogP contribution in [-0.2, 0) is 6.18 Å².